The molecule has 1 saturated heterocycles. The van der Waals surface area contributed by atoms with Crippen LogP contribution in [-0.2, 0) is 4.74 Å². The van der Waals surface area contributed by atoms with Gasteiger partial charge in [0.05, 0.1) is 17.9 Å². The van der Waals surface area contributed by atoms with Crippen molar-refractivity contribution in [3.05, 3.63) is 59.4 Å². The van der Waals surface area contributed by atoms with Gasteiger partial charge in [-0.3, -0.25) is 14.6 Å². The molecule has 3 amide bonds. The standard InChI is InChI=1S/C22H26N4O4/c1-3-30-22(29)24-17-7-5-13-26(14-17)21(28)18-8-4-6-15(2)19(18)25-20(27)16-9-11-23-12-10-16/h4,6,8-12,17H,3,5,7,13-14H2,1-2H3,(H,24,29)(H,25,27). The molecule has 30 heavy (non-hydrogen) atoms. The van der Waals surface area contributed by atoms with Gasteiger partial charge in [0.25, 0.3) is 11.8 Å². The normalized spacial score (nSPS) is 15.9. The molecule has 1 fully saturated rings. The molecule has 2 N–H and O–H groups in total. The van der Waals surface area contributed by atoms with Crippen LogP contribution in [0.15, 0.2) is 42.7 Å². The van der Waals surface area contributed by atoms with Gasteiger partial charge in [0.1, 0.15) is 0 Å². The Bertz CT molecular complexity index is 917. The first kappa shape index (κ1) is 21.3. The summed E-state index contributed by atoms with van der Waals surface area (Å²) in [6.07, 6.45) is 4.17. The topological polar surface area (TPSA) is 101 Å². The number of ether oxygens (including phenoxy) is 1. The van der Waals surface area contributed by atoms with Crippen LogP contribution in [0.2, 0.25) is 0 Å². The second-order valence-electron chi connectivity index (χ2n) is 7.14. The Morgan fingerprint density at radius 2 is 1.97 bits per heavy atom. The van der Waals surface area contributed by atoms with Gasteiger partial charge >= 0.3 is 6.09 Å². The summed E-state index contributed by atoms with van der Waals surface area (Å²) in [7, 11) is 0. The molecular formula is C22H26N4O4. The molecule has 0 radical (unpaired) electrons. The molecule has 1 aromatic heterocycles. The Morgan fingerprint density at radius 3 is 2.70 bits per heavy atom. The number of hydrogen-bond donors (Lipinski definition) is 2. The molecule has 1 atom stereocenters. The predicted octanol–water partition coefficient (Wildman–Crippen LogP) is 2.99. The van der Waals surface area contributed by atoms with Crippen molar-refractivity contribution in [1.82, 2.24) is 15.2 Å². The molecule has 2 aromatic rings. The van der Waals surface area contributed by atoms with Gasteiger partial charge in [0.15, 0.2) is 0 Å². The van der Waals surface area contributed by atoms with E-state index in [1.807, 2.05) is 13.0 Å². The van der Waals surface area contributed by atoms with Crippen LogP contribution in [0.25, 0.3) is 0 Å². The van der Waals surface area contributed by atoms with E-state index < -0.39 is 6.09 Å². The Kier molecular flexibility index (Phi) is 7.00. The number of aryl methyl sites for hydroxylation is 1. The highest BCUT2D eigenvalue weighted by Crippen LogP contribution is 2.24. The molecular weight excluding hydrogens is 384 g/mol. The lowest BCUT2D eigenvalue weighted by molar-refractivity contribution is 0.0687. The Hall–Kier alpha value is -3.42. The fourth-order valence-electron chi connectivity index (χ4n) is 3.49. The molecule has 158 valence electrons. The highest BCUT2D eigenvalue weighted by atomic mass is 16.5. The van der Waals surface area contributed by atoms with E-state index in [1.54, 1.807) is 48.5 Å². The zero-order valence-electron chi connectivity index (χ0n) is 17.2. The number of benzene rings is 1. The SMILES string of the molecule is CCOC(=O)NC1CCCN(C(=O)c2cccc(C)c2NC(=O)c2ccncc2)C1. The summed E-state index contributed by atoms with van der Waals surface area (Å²) in [5.41, 5.74) is 2.17. The van der Waals surface area contributed by atoms with Crippen molar-refractivity contribution in [2.45, 2.75) is 32.7 Å². The molecule has 3 rings (SSSR count). The summed E-state index contributed by atoms with van der Waals surface area (Å²) >= 11 is 0. The molecule has 1 aliphatic heterocycles. The van der Waals surface area contributed by atoms with Crippen LogP contribution in [0.1, 0.15) is 46.0 Å². The number of alkyl carbamates (subject to hydrolysis) is 1. The first-order valence-electron chi connectivity index (χ1n) is 10.0. The number of pyridine rings is 1. The monoisotopic (exact) mass is 410 g/mol. The van der Waals surface area contributed by atoms with E-state index in [0.29, 0.717) is 36.5 Å². The van der Waals surface area contributed by atoms with Crippen molar-refractivity contribution >= 4 is 23.6 Å². The van der Waals surface area contributed by atoms with Crippen LogP contribution in [0.3, 0.4) is 0 Å². The number of amides is 3. The Labute approximate surface area is 175 Å². The molecule has 0 aliphatic carbocycles. The number of rotatable bonds is 5. The average molecular weight is 410 g/mol. The highest BCUT2D eigenvalue weighted by Gasteiger charge is 2.28. The zero-order valence-corrected chi connectivity index (χ0v) is 17.2. The van der Waals surface area contributed by atoms with E-state index in [9.17, 15) is 14.4 Å². The molecule has 1 unspecified atom stereocenters. The van der Waals surface area contributed by atoms with Crippen LogP contribution < -0.4 is 10.6 Å². The van der Waals surface area contributed by atoms with E-state index >= 15 is 0 Å². The fourth-order valence-corrected chi connectivity index (χ4v) is 3.49. The second-order valence-corrected chi connectivity index (χ2v) is 7.14. The molecule has 0 spiro atoms. The first-order chi connectivity index (χ1) is 14.5. The van der Waals surface area contributed by atoms with Gasteiger partial charge < -0.3 is 20.3 Å². The van der Waals surface area contributed by atoms with Crippen molar-refractivity contribution in [3.63, 3.8) is 0 Å². The Balaban J connectivity index is 1.76. The smallest absolute Gasteiger partial charge is 0.407 e. The fraction of sp³-hybridized carbons (Fsp3) is 0.364. The summed E-state index contributed by atoms with van der Waals surface area (Å²) in [6.45, 7) is 4.87. The minimum atomic E-state index is -0.474. The maximum atomic E-state index is 13.3. The van der Waals surface area contributed by atoms with Crippen LogP contribution in [-0.4, -0.2) is 53.5 Å². The lowest BCUT2D eigenvalue weighted by Crippen LogP contribution is -2.49. The number of aromatic nitrogens is 1. The van der Waals surface area contributed by atoms with E-state index in [4.69, 9.17) is 4.74 Å². The lowest BCUT2D eigenvalue weighted by Gasteiger charge is -2.33. The quantitative estimate of drug-likeness (QED) is 0.789. The number of para-hydroxylation sites is 1. The predicted molar refractivity (Wildman–Crippen MR) is 112 cm³/mol. The number of anilines is 1. The largest absolute Gasteiger partial charge is 0.450 e. The third-order valence-corrected chi connectivity index (χ3v) is 4.99. The average Bonchev–Trinajstić information content (AvgIpc) is 2.75. The molecule has 8 nitrogen and oxygen atoms in total. The van der Waals surface area contributed by atoms with Crippen LogP contribution in [0.4, 0.5) is 10.5 Å². The van der Waals surface area contributed by atoms with Crippen molar-refractivity contribution in [2.75, 3.05) is 25.0 Å². The summed E-state index contributed by atoms with van der Waals surface area (Å²) in [4.78, 5) is 43.2. The molecule has 0 bridgehead atoms. The van der Waals surface area contributed by atoms with E-state index in [0.717, 1.165) is 18.4 Å². The van der Waals surface area contributed by atoms with E-state index in [2.05, 4.69) is 15.6 Å². The molecule has 8 heteroatoms. The minimum Gasteiger partial charge on any atom is -0.450 e. The molecule has 1 aliphatic rings. The summed E-state index contributed by atoms with van der Waals surface area (Å²) in [6, 6.07) is 8.42. The minimum absolute atomic E-state index is 0.165. The number of nitrogens with one attached hydrogen (secondary N) is 2. The zero-order chi connectivity index (χ0) is 21.5. The highest BCUT2D eigenvalue weighted by molar-refractivity contribution is 6.09. The van der Waals surface area contributed by atoms with Gasteiger partial charge in [0.2, 0.25) is 0 Å². The summed E-state index contributed by atoms with van der Waals surface area (Å²) in [5.74, 6) is -0.486. The van der Waals surface area contributed by atoms with Crippen LogP contribution >= 0.6 is 0 Å². The Morgan fingerprint density at radius 1 is 1.20 bits per heavy atom. The van der Waals surface area contributed by atoms with E-state index in [1.165, 1.54) is 0 Å². The molecule has 1 aromatic carbocycles. The van der Waals surface area contributed by atoms with Gasteiger partial charge in [-0.15, -0.1) is 0 Å². The van der Waals surface area contributed by atoms with Gasteiger partial charge in [-0.1, -0.05) is 12.1 Å². The summed E-state index contributed by atoms with van der Waals surface area (Å²) in [5, 5.41) is 5.68. The second kappa shape index (κ2) is 9.87. The first-order valence-corrected chi connectivity index (χ1v) is 10.0. The van der Waals surface area contributed by atoms with Crippen molar-refractivity contribution in [1.29, 1.82) is 0 Å². The van der Waals surface area contributed by atoms with Gasteiger partial charge in [-0.2, -0.15) is 0 Å². The van der Waals surface area contributed by atoms with Gasteiger partial charge in [-0.25, -0.2) is 4.79 Å². The van der Waals surface area contributed by atoms with Crippen molar-refractivity contribution in [2.24, 2.45) is 0 Å². The maximum absolute atomic E-state index is 13.3. The number of likely N-dealkylation sites (tertiary alicyclic amines) is 1. The van der Waals surface area contributed by atoms with Crippen molar-refractivity contribution in [3.8, 4) is 0 Å². The number of carbonyl (C=O) groups is 3. The third kappa shape index (κ3) is 5.14. The third-order valence-electron chi connectivity index (χ3n) is 4.99. The van der Waals surface area contributed by atoms with Crippen molar-refractivity contribution < 1.29 is 19.1 Å². The van der Waals surface area contributed by atoms with Crippen LogP contribution in [0.5, 0.6) is 0 Å². The van der Waals surface area contributed by atoms with E-state index in [-0.39, 0.29) is 17.9 Å². The number of carbonyl (C=O) groups excluding carboxylic acids is 3. The van der Waals surface area contributed by atoms with Gasteiger partial charge in [-0.05, 0) is 50.5 Å². The number of hydrogen-bond acceptors (Lipinski definition) is 5. The maximum Gasteiger partial charge on any atom is 0.407 e. The molecule has 2 heterocycles. The summed E-state index contributed by atoms with van der Waals surface area (Å²) < 4.78 is 4.94. The molecule has 0 saturated carbocycles. The van der Waals surface area contributed by atoms with Gasteiger partial charge in [0, 0.05) is 37.1 Å². The number of nitrogens with zero attached hydrogens (tertiary/aromatic N) is 2. The lowest BCUT2D eigenvalue weighted by atomic mass is 10.0. The van der Waals surface area contributed by atoms with Crippen LogP contribution in [0, 0.1) is 6.92 Å². The number of piperidine rings is 1.